The van der Waals surface area contributed by atoms with Crippen LogP contribution >= 0.6 is 0 Å². The Hall–Kier alpha value is -1.59. The van der Waals surface area contributed by atoms with Crippen LogP contribution in [0.4, 0.5) is 0 Å². The van der Waals surface area contributed by atoms with Crippen molar-refractivity contribution in [1.29, 1.82) is 10.5 Å². The molecule has 0 aliphatic carbocycles. The normalized spacial score (nSPS) is 19.2. The smallest absolute Gasteiger partial charge is 0.224 e. The van der Waals surface area contributed by atoms with Gasteiger partial charge in [0.15, 0.2) is 0 Å². The highest BCUT2D eigenvalue weighted by molar-refractivity contribution is 5.77. The predicted molar refractivity (Wildman–Crippen MR) is 53.4 cm³/mol. The predicted octanol–water partition coefficient (Wildman–Crippen LogP) is -0.138. The lowest BCUT2D eigenvalue weighted by molar-refractivity contribution is -0.130. The van der Waals surface area contributed by atoms with Crippen LogP contribution in [0.3, 0.4) is 0 Å². The summed E-state index contributed by atoms with van der Waals surface area (Å²) in [5.74, 6) is 0.268. The van der Waals surface area contributed by atoms with Gasteiger partial charge in [-0.05, 0) is 25.4 Å². The Kier molecular flexibility index (Phi) is 4.59. The molecular formula is C10H14N4O. The molecule has 5 heteroatoms. The molecule has 0 radical (unpaired) electrons. The maximum atomic E-state index is 11.7. The minimum absolute atomic E-state index is 0.00649. The maximum Gasteiger partial charge on any atom is 0.224 e. The number of rotatable bonds is 4. The Morgan fingerprint density at radius 2 is 2.07 bits per heavy atom. The molecule has 1 N–H and O–H groups in total. The van der Waals surface area contributed by atoms with Crippen LogP contribution in [0.15, 0.2) is 0 Å². The fourth-order valence-corrected chi connectivity index (χ4v) is 1.67. The van der Waals surface area contributed by atoms with Gasteiger partial charge in [0.1, 0.15) is 13.1 Å². The molecule has 0 spiro atoms. The molecule has 1 atom stereocenters. The van der Waals surface area contributed by atoms with Gasteiger partial charge >= 0.3 is 0 Å². The third kappa shape index (κ3) is 3.57. The van der Waals surface area contributed by atoms with E-state index in [1.807, 2.05) is 12.1 Å². The molecule has 1 aliphatic rings. The second-order valence-electron chi connectivity index (χ2n) is 3.63. The molecule has 0 aromatic heterocycles. The maximum absolute atomic E-state index is 11.7. The van der Waals surface area contributed by atoms with Crippen LogP contribution in [0.25, 0.3) is 0 Å². The van der Waals surface area contributed by atoms with Crippen LogP contribution in [-0.4, -0.2) is 37.0 Å². The zero-order valence-electron chi connectivity index (χ0n) is 8.57. The van der Waals surface area contributed by atoms with Gasteiger partial charge in [-0.3, -0.25) is 4.79 Å². The van der Waals surface area contributed by atoms with Gasteiger partial charge in [-0.1, -0.05) is 0 Å². The molecule has 1 amide bonds. The molecule has 0 aromatic rings. The third-order valence-electron chi connectivity index (χ3n) is 2.50. The number of nitriles is 2. The molecule has 0 aromatic carbocycles. The van der Waals surface area contributed by atoms with Crippen molar-refractivity contribution in [2.45, 2.75) is 12.8 Å². The largest absolute Gasteiger partial charge is 0.316 e. The number of nitrogens with one attached hydrogen (secondary N) is 1. The monoisotopic (exact) mass is 206 g/mol. The van der Waals surface area contributed by atoms with Crippen molar-refractivity contribution in [3.05, 3.63) is 0 Å². The van der Waals surface area contributed by atoms with Crippen molar-refractivity contribution >= 4 is 5.91 Å². The van der Waals surface area contributed by atoms with Crippen LogP contribution in [-0.2, 0) is 4.79 Å². The van der Waals surface area contributed by atoms with E-state index in [0.29, 0.717) is 12.3 Å². The fourth-order valence-electron chi connectivity index (χ4n) is 1.67. The summed E-state index contributed by atoms with van der Waals surface area (Å²) in [6.45, 7) is 1.83. The van der Waals surface area contributed by atoms with Crippen molar-refractivity contribution in [2.75, 3.05) is 26.2 Å². The summed E-state index contributed by atoms with van der Waals surface area (Å²) in [6, 6.07) is 3.79. The van der Waals surface area contributed by atoms with Crippen molar-refractivity contribution < 1.29 is 4.79 Å². The lowest BCUT2D eigenvalue weighted by Crippen LogP contribution is -2.33. The summed E-state index contributed by atoms with van der Waals surface area (Å²) in [5, 5.41) is 20.2. The minimum Gasteiger partial charge on any atom is -0.316 e. The van der Waals surface area contributed by atoms with Gasteiger partial charge in [0, 0.05) is 6.42 Å². The average molecular weight is 206 g/mol. The van der Waals surface area contributed by atoms with Gasteiger partial charge < -0.3 is 10.2 Å². The molecule has 15 heavy (non-hydrogen) atoms. The lowest BCUT2D eigenvalue weighted by Gasteiger charge is -2.17. The zero-order chi connectivity index (χ0) is 11.1. The highest BCUT2D eigenvalue weighted by Gasteiger charge is 2.21. The molecular weight excluding hydrogens is 192 g/mol. The van der Waals surface area contributed by atoms with E-state index in [1.165, 1.54) is 4.90 Å². The first-order valence-corrected chi connectivity index (χ1v) is 5.00. The Balaban J connectivity index is 2.41. The SMILES string of the molecule is N#CCN(CC#N)C(=O)CC1CCNC1. The van der Waals surface area contributed by atoms with Gasteiger partial charge in [-0.25, -0.2) is 0 Å². The Bertz CT molecular complexity index is 280. The number of hydrogen-bond donors (Lipinski definition) is 1. The summed E-state index contributed by atoms with van der Waals surface area (Å²) in [5.41, 5.74) is 0. The number of carbonyl (C=O) groups excluding carboxylic acids is 1. The van der Waals surface area contributed by atoms with E-state index in [0.717, 1.165) is 19.5 Å². The molecule has 80 valence electrons. The summed E-state index contributed by atoms with van der Waals surface area (Å²) < 4.78 is 0. The number of amides is 1. The second kappa shape index (κ2) is 6.00. The van der Waals surface area contributed by atoms with Crippen molar-refractivity contribution in [1.82, 2.24) is 10.2 Å². The Labute approximate surface area is 89.3 Å². The van der Waals surface area contributed by atoms with Gasteiger partial charge in [-0.2, -0.15) is 10.5 Å². The number of carbonyl (C=O) groups is 1. The molecule has 5 nitrogen and oxygen atoms in total. The lowest BCUT2D eigenvalue weighted by atomic mass is 10.0. The van der Waals surface area contributed by atoms with E-state index >= 15 is 0 Å². The first-order chi connectivity index (χ1) is 7.27. The summed E-state index contributed by atoms with van der Waals surface area (Å²) in [7, 11) is 0. The Morgan fingerprint density at radius 1 is 1.40 bits per heavy atom. The van der Waals surface area contributed by atoms with E-state index in [9.17, 15) is 4.79 Å². The van der Waals surface area contributed by atoms with Gasteiger partial charge in [-0.15, -0.1) is 0 Å². The highest BCUT2D eigenvalue weighted by Crippen LogP contribution is 2.13. The minimum atomic E-state index is -0.0909. The van der Waals surface area contributed by atoms with Crippen LogP contribution in [0.2, 0.25) is 0 Å². The van der Waals surface area contributed by atoms with Gasteiger partial charge in [0.25, 0.3) is 0 Å². The molecule has 1 rings (SSSR count). The molecule has 1 saturated heterocycles. The van der Waals surface area contributed by atoms with E-state index < -0.39 is 0 Å². The van der Waals surface area contributed by atoms with Gasteiger partial charge in [0.2, 0.25) is 5.91 Å². The van der Waals surface area contributed by atoms with Crippen LogP contribution in [0.1, 0.15) is 12.8 Å². The van der Waals surface area contributed by atoms with Crippen molar-refractivity contribution in [2.24, 2.45) is 5.92 Å². The van der Waals surface area contributed by atoms with E-state index in [1.54, 1.807) is 0 Å². The Morgan fingerprint density at radius 3 is 2.53 bits per heavy atom. The van der Waals surface area contributed by atoms with Crippen LogP contribution in [0.5, 0.6) is 0 Å². The van der Waals surface area contributed by atoms with E-state index in [4.69, 9.17) is 10.5 Å². The fraction of sp³-hybridized carbons (Fsp3) is 0.700. The van der Waals surface area contributed by atoms with Gasteiger partial charge in [0.05, 0.1) is 12.1 Å². The first-order valence-electron chi connectivity index (χ1n) is 5.00. The standard InChI is InChI=1S/C10H14N4O/c11-2-5-14(6-3-12)10(15)7-9-1-4-13-8-9/h9,13H,1,4-8H2. The molecule has 1 aliphatic heterocycles. The molecule has 1 heterocycles. The molecule has 0 saturated carbocycles. The van der Waals surface area contributed by atoms with Crippen molar-refractivity contribution in [3.8, 4) is 12.1 Å². The topological polar surface area (TPSA) is 79.9 Å². The number of hydrogen-bond acceptors (Lipinski definition) is 4. The summed E-state index contributed by atoms with van der Waals surface area (Å²) in [6.07, 6.45) is 1.44. The number of nitrogens with zero attached hydrogens (tertiary/aromatic N) is 3. The third-order valence-corrected chi connectivity index (χ3v) is 2.50. The molecule has 0 bridgehead atoms. The first kappa shape index (κ1) is 11.5. The van der Waals surface area contributed by atoms with Crippen LogP contribution < -0.4 is 5.32 Å². The summed E-state index contributed by atoms with van der Waals surface area (Å²) in [4.78, 5) is 13.0. The van der Waals surface area contributed by atoms with E-state index in [-0.39, 0.29) is 19.0 Å². The zero-order valence-corrected chi connectivity index (χ0v) is 8.57. The van der Waals surface area contributed by atoms with Crippen molar-refractivity contribution in [3.63, 3.8) is 0 Å². The van der Waals surface area contributed by atoms with E-state index in [2.05, 4.69) is 5.32 Å². The second-order valence-corrected chi connectivity index (χ2v) is 3.63. The molecule has 1 fully saturated rings. The quantitative estimate of drug-likeness (QED) is 0.649. The average Bonchev–Trinajstić information content (AvgIpc) is 2.70. The van der Waals surface area contributed by atoms with Crippen LogP contribution in [0, 0.1) is 28.6 Å². The highest BCUT2D eigenvalue weighted by atomic mass is 16.2. The summed E-state index contributed by atoms with van der Waals surface area (Å²) >= 11 is 0. The molecule has 1 unspecified atom stereocenters.